The maximum atomic E-state index is 13.6. The van der Waals surface area contributed by atoms with Crippen molar-refractivity contribution in [3.63, 3.8) is 0 Å². The summed E-state index contributed by atoms with van der Waals surface area (Å²) in [6.07, 6.45) is 0. The van der Waals surface area contributed by atoms with Crippen LogP contribution in [0.1, 0.15) is 10.4 Å². The summed E-state index contributed by atoms with van der Waals surface area (Å²) >= 11 is 3.19. The molecule has 0 amide bonds. The van der Waals surface area contributed by atoms with Crippen LogP contribution >= 0.6 is 15.9 Å². The van der Waals surface area contributed by atoms with E-state index in [4.69, 9.17) is 5.11 Å². The fraction of sp³-hybridized carbons (Fsp3) is 0. The number of carbonyl (C=O) groups is 1. The van der Waals surface area contributed by atoms with Gasteiger partial charge in [-0.2, -0.15) is 0 Å². The van der Waals surface area contributed by atoms with Crippen LogP contribution in [0.4, 0.5) is 21.5 Å². The number of carboxylic acids is 1. The fourth-order valence-corrected chi connectivity index (χ4v) is 2.05. The molecule has 0 aromatic heterocycles. The van der Waals surface area contributed by atoms with Crippen molar-refractivity contribution in [2.45, 2.75) is 0 Å². The second-order valence-electron chi connectivity index (χ2n) is 4.04. The van der Waals surface area contributed by atoms with E-state index in [1.807, 2.05) is 0 Å². The molecule has 0 saturated carbocycles. The highest BCUT2D eigenvalue weighted by molar-refractivity contribution is 9.10. The van der Waals surface area contributed by atoms with Crippen molar-refractivity contribution in [1.82, 2.24) is 0 Å². The molecule has 0 aliphatic heterocycles. The highest BCUT2D eigenvalue weighted by Gasteiger charge is 2.20. The van der Waals surface area contributed by atoms with E-state index in [0.29, 0.717) is 4.47 Å². The first-order valence-electron chi connectivity index (χ1n) is 5.62. The summed E-state index contributed by atoms with van der Waals surface area (Å²) in [6.45, 7) is 0. The molecule has 0 aliphatic carbocycles. The number of hydrogen-bond donors (Lipinski definition) is 2. The van der Waals surface area contributed by atoms with Gasteiger partial charge in [0.25, 0.3) is 5.69 Å². The lowest BCUT2D eigenvalue weighted by Crippen LogP contribution is -2.04. The summed E-state index contributed by atoms with van der Waals surface area (Å²) in [6, 6.07) is 7.67. The number of anilines is 2. The van der Waals surface area contributed by atoms with Crippen LogP contribution in [0.25, 0.3) is 0 Å². The van der Waals surface area contributed by atoms with Gasteiger partial charge in [-0.1, -0.05) is 15.9 Å². The van der Waals surface area contributed by atoms with Gasteiger partial charge in [-0.3, -0.25) is 10.1 Å². The highest BCUT2D eigenvalue weighted by Crippen LogP contribution is 2.27. The molecule has 2 rings (SSSR count). The second-order valence-corrected chi connectivity index (χ2v) is 4.96. The van der Waals surface area contributed by atoms with Crippen LogP contribution in [0.3, 0.4) is 0 Å². The van der Waals surface area contributed by atoms with Crippen LogP contribution in [0.15, 0.2) is 40.9 Å². The maximum absolute atomic E-state index is 13.6. The number of benzene rings is 2. The van der Waals surface area contributed by atoms with Gasteiger partial charge >= 0.3 is 5.97 Å². The molecule has 0 saturated heterocycles. The van der Waals surface area contributed by atoms with Crippen LogP contribution in [-0.4, -0.2) is 16.0 Å². The Morgan fingerprint density at radius 2 is 2.00 bits per heavy atom. The van der Waals surface area contributed by atoms with E-state index >= 15 is 0 Å². The average Bonchev–Trinajstić information content (AvgIpc) is 2.42. The third kappa shape index (κ3) is 3.34. The number of nitrogens with zero attached hydrogens (tertiary/aromatic N) is 1. The predicted octanol–water partition coefficient (Wildman–Crippen LogP) is 3.94. The number of rotatable bonds is 4. The third-order valence-electron chi connectivity index (χ3n) is 2.63. The van der Waals surface area contributed by atoms with Crippen molar-refractivity contribution in [1.29, 1.82) is 0 Å². The quantitative estimate of drug-likeness (QED) is 0.640. The Morgan fingerprint density at radius 1 is 1.29 bits per heavy atom. The van der Waals surface area contributed by atoms with Gasteiger partial charge in [-0.05, 0) is 30.3 Å². The van der Waals surface area contributed by atoms with Crippen molar-refractivity contribution < 1.29 is 19.2 Å². The number of nitro benzene ring substituents is 1. The Labute approximate surface area is 126 Å². The molecule has 2 aromatic carbocycles. The molecule has 8 heteroatoms. The van der Waals surface area contributed by atoms with Crippen molar-refractivity contribution in [3.8, 4) is 0 Å². The Morgan fingerprint density at radius 3 is 2.62 bits per heavy atom. The second kappa shape index (κ2) is 5.88. The lowest BCUT2D eigenvalue weighted by molar-refractivity contribution is -0.385. The van der Waals surface area contributed by atoms with E-state index in [-0.39, 0.29) is 11.4 Å². The third-order valence-corrected chi connectivity index (χ3v) is 3.12. The molecule has 0 spiro atoms. The molecular weight excluding hydrogens is 347 g/mol. The minimum atomic E-state index is -1.43. The summed E-state index contributed by atoms with van der Waals surface area (Å²) in [5, 5.41) is 22.4. The highest BCUT2D eigenvalue weighted by atomic mass is 79.9. The minimum Gasteiger partial charge on any atom is -0.477 e. The zero-order chi connectivity index (χ0) is 15.6. The Hall–Kier alpha value is -2.48. The summed E-state index contributed by atoms with van der Waals surface area (Å²) < 4.78 is 14.2. The summed E-state index contributed by atoms with van der Waals surface area (Å²) in [7, 11) is 0. The fourth-order valence-electron chi connectivity index (χ4n) is 1.69. The first-order chi connectivity index (χ1) is 9.88. The number of aromatic carboxylic acids is 1. The van der Waals surface area contributed by atoms with E-state index in [9.17, 15) is 19.3 Å². The summed E-state index contributed by atoms with van der Waals surface area (Å²) in [5.41, 5.74) is -0.646. The standard InChI is InChI=1S/C13H8BrFN2O4/c14-7-1-3-10(15)11(5-7)16-8-2-4-12(17(20)21)9(6-8)13(18)19/h1-6,16H,(H,18,19). The van der Waals surface area contributed by atoms with Gasteiger partial charge in [0.1, 0.15) is 11.4 Å². The van der Waals surface area contributed by atoms with Gasteiger partial charge < -0.3 is 10.4 Å². The lowest BCUT2D eigenvalue weighted by Gasteiger charge is -2.09. The van der Waals surface area contributed by atoms with E-state index in [0.717, 1.165) is 12.1 Å². The number of carboxylic acid groups (broad SMARTS) is 1. The van der Waals surface area contributed by atoms with Crippen molar-refractivity contribution in [3.05, 3.63) is 62.4 Å². The number of hydrogen-bond acceptors (Lipinski definition) is 4. The van der Waals surface area contributed by atoms with Crippen LogP contribution in [-0.2, 0) is 0 Å². The number of nitrogens with one attached hydrogen (secondary N) is 1. The minimum absolute atomic E-state index is 0.120. The molecule has 21 heavy (non-hydrogen) atoms. The smallest absolute Gasteiger partial charge is 0.342 e. The summed E-state index contributed by atoms with van der Waals surface area (Å²) in [5.74, 6) is -1.96. The lowest BCUT2D eigenvalue weighted by atomic mass is 10.1. The van der Waals surface area contributed by atoms with Crippen LogP contribution in [0.5, 0.6) is 0 Å². The molecule has 108 valence electrons. The van der Waals surface area contributed by atoms with Crippen LogP contribution in [0.2, 0.25) is 0 Å². The van der Waals surface area contributed by atoms with E-state index in [1.165, 1.54) is 24.3 Å². The number of halogens is 2. The van der Waals surface area contributed by atoms with Crippen molar-refractivity contribution in [2.75, 3.05) is 5.32 Å². The Balaban J connectivity index is 2.41. The molecule has 0 bridgehead atoms. The molecule has 0 unspecified atom stereocenters. The van der Waals surface area contributed by atoms with Gasteiger partial charge in [0.05, 0.1) is 10.6 Å². The number of nitro groups is 1. The van der Waals surface area contributed by atoms with Gasteiger partial charge in [0, 0.05) is 16.2 Å². The molecule has 2 N–H and O–H groups in total. The molecule has 2 aromatic rings. The van der Waals surface area contributed by atoms with E-state index in [2.05, 4.69) is 21.2 Å². The van der Waals surface area contributed by atoms with E-state index < -0.39 is 28.0 Å². The molecule has 6 nitrogen and oxygen atoms in total. The maximum Gasteiger partial charge on any atom is 0.342 e. The van der Waals surface area contributed by atoms with Crippen LogP contribution < -0.4 is 5.32 Å². The van der Waals surface area contributed by atoms with Crippen LogP contribution in [0, 0.1) is 15.9 Å². The molecule has 0 aliphatic rings. The van der Waals surface area contributed by atoms with Gasteiger partial charge in [0.15, 0.2) is 0 Å². The largest absolute Gasteiger partial charge is 0.477 e. The zero-order valence-corrected chi connectivity index (χ0v) is 11.9. The first kappa shape index (κ1) is 14.9. The molecule has 0 heterocycles. The predicted molar refractivity (Wildman–Crippen MR) is 77.4 cm³/mol. The zero-order valence-electron chi connectivity index (χ0n) is 10.3. The molecular formula is C13H8BrFN2O4. The monoisotopic (exact) mass is 354 g/mol. The van der Waals surface area contributed by atoms with Gasteiger partial charge in [0.2, 0.25) is 0 Å². The van der Waals surface area contributed by atoms with Crippen molar-refractivity contribution >= 4 is 39.0 Å². The Kier molecular flexibility index (Phi) is 4.18. The summed E-state index contributed by atoms with van der Waals surface area (Å²) in [4.78, 5) is 21.0. The topological polar surface area (TPSA) is 92.5 Å². The van der Waals surface area contributed by atoms with Gasteiger partial charge in [-0.15, -0.1) is 0 Å². The molecule has 0 radical (unpaired) electrons. The van der Waals surface area contributed by atoms with Gasteiger partial charge in [-0.25, -0.2) is 9.18 Å². The molecule has 0 atom stereocenters. The Bertz CT molecular complexity index is 736. The van der Waals surface area contributed by atoms with Crippen molar-refractivity contribution in [2.24, 2.45) is 0 Å². The van der Waals surface area contributed by atoms with E-state index in [1.54, 1.807) is 0 Å². The SMILES string of the molecule is O=C(O)c1cc(Nc2cc(Br)ccc2F)ccc1[N+](=O)[O-]. The molecule has 0 fully saturated rings. The first-order valence-corrected chi connectivity index (χ1v) is 6.41. The average molecular weight is 355 g/mol. The normalized spacial score (nSPS) is 10.2.